The molecule has 2 fully saturated rings. The summed E-state index contributed by atoms with van der Waals surface area (Å²) < 4.78 is 9.81. The van der Waals surface area contributed by atoms with Gasteiger partial charge in [-0.05, 0) is 36.5 Å². The lowest BCUT2D eigenvalue weighted by molar-refractivity contribution is -0.0489. The monoisotopic (exact) mass is 256 g/mol. The average Bonchev–Trinajstić information content (AvgIpc) is 2.74. The van der Waals surface area contributed by atoms with Crippen molar-refractivity contribution >= 4 is 6.16 Å². The molecule has 0 aromatic carbocycles. The summed E-state index contributed by atoms with van der Waals surface area (Å²) in [4.78, 5) is 11.0. The lowest BCUT2D eigenvalue weighted by atomic mass is 9.67. The van der Waals surface area contributed by atoms with E-state index in [0.717, 1.165) is 12.8 Å². The molecule has 0 spiro atoms. The summed E-state index contributed by atoms with van der Waals surface area (Å²) >= 11 is 0. The van der Waals surface area contributed by atoms with Crippen molar-refractivity contribution < 1.29 is 19.4 Å². The summed E-state index contributed by atoms with van der Waals surface area (Å²) in [5.74, 6) is 1.91. The summed E-state index contributed by atoms with van der Waals surface area (Å²) in [5.41, 5.74) is 0. The fourth-order valence-corrected chi connectivity index (χ4v) is 3.45. The van der Waals surface area contributed by atoms with Gasteiger partial charge in [0.25, 0.3) is 0 Å². The maximum atomic E-state index is 11.0. The maximum absolute atomic E-state index is 11.0. The predicted molar refractivity (Wildman–Crippen MR) is 67.1 cm³/mol. The minimum Gasteiger partial charge on any atom is -0.430 e. The third-order valence-corrected chi connectivity index (χ3v) is 4.51. The summed E-state index contributed by atoms with van der Waals surface area (Å²) in [5, 5.41) is 10.5. The number of aliphatic hydroxyl groups is 1. The van der Waals surface area contributed by atoms with Gasteiger partial charge in [-0.1, -0.05) is 27.2 Å². The number of carbonyl (C=O) groups excluding carboxylic acids is 1. The second kappa shape index (κ2) is 5.47. The number of carbonyl (C=O) groups is 1. The minimum atomic E-state index is -0.649. The van der Waals surface area contributed by atoms with Gasteiger partial charge in [0.15, 0.2) is 6.10 Å². The highest BCUT2D eigenvalue weighted by Gasteiger charge is 2.42. The number of hydrogen-bond donors (Lipinski definition) is 1. The molecule has 0 amide bonds. The van der Waals surface area contributed by atoms with Gasteiger partial charge in [0.05, 0.1) is 6.10 Å². The van der Waals surface area contributed by atoms with Crippen molar-refractivity contribution in [3.05, 3.63) is 0 Å². The van der Waals surface area contributed by atoms with Gasteiger partial charge < -0.3 is 14.6 Å². The number of ether oxygens (including phenoxy) is 2. The van der Waals surface area contributed by atoms with Crippen LogP contribution in [0.15, 0.2) is 0 Å². The first-order valence-corrected chi connectivity index (χ1v) is 7.00. The van der Waals surface area contributed by atoms with E-state index in [1.54, 1.807) is 0 Å². The Morgan fingerprint density at radius 2 is 2.00 bits per heavy atom. The minimum absolute atomic E-state index is 0.190. The third kappa shape index (κ3) is 2.79. The van der Waals surface area contributed by atoms with Crippen molar-refractivity contribution in [1.82, 2.24) is 0 Å². The van der Waals surface area contributed by atoms with E-state index >= 15 is 0 Å². The van der Waals surface area contributed by atoms with E-state index in [1.807, 2.05) is 0 Å². The Bertz CT molecular complexity index is 302. The topological polar surface area (TPSA) is 55.8 Å². The van der Waals surface area contributed by atoms with E-state index in [2.05, 4.69) is 20.8 Å². The van der Waals surface area contributed by atoms with Crippen LogP contribution in [-0.2, 0) is 9.47 Å². The molecule has 0 radical (unpaired) electrons. The summed E-state index contributed by atoms with van der Waals surface area (Å²) in [6.07, 6.45) is 1.68. The Labute approximate surface area is 109 Å². The van der Waals surface area contributed by atoms with Gasteiger partial charge in [0.2, 0.25) is 0 Å². The van der Waals surface area contributed by atoms with Gasteiger partial charge in [-0.2, -0.15) is 0 Å². The Kier molecular flexibility index (Phi) is 4.15. The van der Waals surface area contributed by atoms with Crippen LogP contribution in [0.25, 0.3) is 0 Å². The molecule has 1 aliphatic carbocycles. The van der Waals surface area contributed by atoms with Crippen LogP contribution in [0.2, 0.25) is 0 Å². The van der Waals surface area contributed by atoms with Gasteiger partial charge in [-0.25, -0.2) is 4.79 Å². The van der Waals surface area contributed by atoms with E-state index in [-0.39, 0.29) is 12.5 Å². The van der Waals surface area contributed by atoms with Gasteiger partial charge in [-0.15, -0.1) is 0 Å². The second-order valence-electron chi connectivity index (χ2n) is 6.20. The smallest absolute Gasteiger partial charge is 0.430 e. The third-order valence-electron chi connectivity index (χ3n) is 4.51. The lowest BCUT2D eigenvalue weighted by Crippen LogP contribution is -2.43. The molecular formula is C14H24O4. The zero-order valence-electron chi connectivity index (χ0n) is 11.5. The van der Waals surface area contributed by atoms with Gasteiger partial charge in [-0.3, -0.25) is 0 Å². The van der Waals surface area contributed by atoms with E-state index < -0.39 is 18.4 Å². The highest BCUT2D eigenvalue weighted by atomic mass is 16.8. The van der Waals surface area contributed by atoms with Crippen LogP contribution in [0.4, 0.5) is 4.79 Å². The molecule has 1 heterocycles. The molecule has 1 aliphatic heterocycles. The van der Waals surface area contributed by atoms with Crippen LogP contribution >= 0.6 is 0 Å². The Morgan fingerprint density at radius 1 is 1.28 bits per heavy atom. The van der Waals surface area contributed by atoms with E-state index in [9.17, 15) is 9.90 Å². The van der Waals surface area contributed by atoms with E-state index in [1.165, 1.54) is 6.42 Å². The number of aliphatic hydroxyl groups excluding tert-OH is 1. The first-order chi connectivity index (χ1) is 8.49. The molecular weight excluding hydrogens is 232 g/mol. The van der Waals surface area contributed by atoms with E-state index in [0.29, 0.717) is 17.8 Å². The fraction of sp³-hybridized carbons (Fsp3) is 0.929. The molecule has 0 aromatic heterocycles. The predicted octanol–water partition coefficient (Wildman–Crippen LogP) is 2.59. The van der Waals surface area contributed by atoms with Crippen LogP contribution in [0.3, 0.4) is 0 Å². The molecule has 4 heteroatoms. The molecule has 0 aromatic rings. The average molecular weight is 256 g/mol. The molecule has 104 valence electrons. The summed E-state index contributed by atoms with van der Waals surface area (Å²) in [7, 11) is 0. The molecule has 1 N–H and O–H groups in total. The highest BCUT2D eigenvalue weighted by molar-refractivity contribution is 5.61. The first kappa shape index (κ1) is 13.7. The molecule has 18 heavy (non-hydrogen) atoms. The van der Waals surface area contributed by atoms with Crippen molar-refractivity contribution in [3.8, 4) is 0 Å². The van der Waals surface area contributed by atoms with Crippen LogP contribution < -0.4 is 0 Å². The highest BCUT2D eigenvalue weighted by Crippen LogP contribution is 2.41. The van der Waals surface area contributed by atoms with E-state index in [4.69, 9.17) is 9.47 Å². The van der Waals surface area contributed by atoms with Crippen molar-refractivity contribution in [2.75, 3.05) is 6.61 Å². The zero-order chi connectivity index (χ0) is 13.3. The van der Waals surface area contributed by atoms with Gasteiger partial charge in [0.1, 0.15) is 6.61 Å². The van der Waals surface area contributed by atoms with Crippen molar-refractivity contribution in [1.29, 1.82) is 0 Å². The Hall–Kier alpha value is -0.770. The Morgan fingerprint density at radius 3 is 2.56 bits per heavy atom. The quantitative estimate of drug-likeness (QED) is 0.789. The largest absolute Gasteiger partial charge is 0.508 e. The molecule has 5 unspecified atom stereocenters. The SMILES string of the molecule is CC1CCC(C(C)C)C(C(O)C2COC(=O)O2)C1. The van der Waals surface area contributed by atoms with Crippen molar-refractivity contribution in [2.24, 2.45) is 23.7 Å². The van der Waals surface area contributed by atoms with Crippen LogP contribution in [0, 0.1) is 23.7 Å². The standard InChI is InChI=1S/C14H24O4/c1-8(2)10-5-4-9(3)6-11(10)13(15)12-7-17-14(16)18-12/h8-13,15H,4-7H2,1-3H3. The van der Waals surface area contributed by atoms with Crippen LogP contribution in [-0.4, -0.2) is 30.1 Å². The van der Waals surface area contributed by atoms with Crippen molar-refractivity contribution in [3.63, 3.8) is 0 Å². The molecule has 2 rings (SSSR count). The number of rotatable bonds is 3. The molecule has 4 nitrogen and oxygen atoms in total. The maximum Gasteiger partial charge on any atom is 0.508 e. The van der Waals surface area contributed by atoms with Crippen LogP contribution in [0.5, 0.6) is 0 Å². The second-order valence-corrected chi connectivity index (χ2v) is 6.20. The summed E-state index contributed by atoms with van der Waals surface area (Å²) in [6, 6.07) is 0. The summed E-state index contributed by atoms with van der Waals surface area (Å²) in [6.45, 7) is 6.83. The lowest BCUT2D eigenvalue weighted by Gasteiger charge is -2.40. The Balaban J connectivity index is 2.04. The number of hydrogen-bond acceptors (Lipinski definition) is 4. The fourth-order valence-electron chi connectivity index (χ4n) is 3.45. The molecule has 1 saturated heterocycles. The zero-order valence-corrected chi connectivity index (χ0v) is 11.5. The molecule has 2 aliphatic rings. The van der Waals surface area contributed by atoms with Crippen molar-refractivity contribution in [2.45, 2.75) is 52.2 Å². The first-order valence-electron chi connectivity index (χ1n) is 7.00. The van der Waals surface area contributed by atoms with Crippen LogP contribution in [0.1, 0.15) is 40.0 Å². The normalized spacial score (nSPS) is 38.4. The number of cyclic esters (lactones) is 2. The van der Waals surface area contributed by atoms with Gasteiger partial charge in [0, 0.05) is 0 Å². The van der Waals surface area contributed by atoms with Gasteiger partial charge >= 0.3 is 6.16 Å². The molecule has 5 atom stereocenters. The molecule has 0 bridgehead atoms. The molecule has 1 saturated carbocycles.